The summed E-state index contributed by atoms with van der Waals surface area (Å²) < 4.78 is 0. The molecule has 11 heavy (non-hydrogen) atoms. The maximum atomic E-state index is 4.94. The second kappa shape index (κ2) is 13.4. The van der Waals surface area contributed by atoms with Crippen LogP contribution in [0.3, 0.4) is 0 Å². The Morgan fingerprint density at radius 1 is 0.727 bits per heavy atom. The van der Waals surface area contributed by atoms with Crippen molar-refractivity contribution >= 4 is 29.6 Å². The van der Waals surface area contributed by atoms with Crippen LogP contribution in [0.25, 0.3) is 0 Å². The molecule has 0 spiro atoms. The Morgan fingerprint density at radius 3 is 0.818 bits per heavy atom. The van der Waals surface area contributed by atoms with Crippen LogP contribution >= 0.6 is 0 Å². The summed E-state index contributed by atoms with van der Waals surface area (Å²) in [6.07, 6.45) is -0.676. The fourth-order valence-electron chi connectivity index (χ4n) is 0. The molecule has 6 nitrogen and oxygen atoms in total. The summed E-state index contributed by atoms with van der Waals surface area (Å²) >= 11 is 0. The van der Waals surface area contributed by atoms with Gasteiger partial charge in [0.05, 0.1) is 12.3 Å². The summed E-state index contributed by atoms with van der Waals surface area (Å²) in [5, 5.41) is 0. The molecule has 0 unspecified atom stereocenters. The van der Waals surface area contributed by atoms with Gasteiger partial charge in [0.15, 0.2) is 0 Å². The molecule has 0 radical (unpaired) electrons. The number of hydrogen-bond donors (Lipinski definition) is 6. The van der Waals surface area contributed by atoms with Crippen LogP contribution in [0.5, 0.6) is 0 Å². The Kier molecular flexibility index (Phi) is 21.5. The molecule has 0 heterocycles. The molecule has 0 aliphatic rings. The van der Waals surface area contributed by atoms with Gasteiger partial charge in [-0.3, -0.25) is 0 Å². The molecule has 0 atom stereocenters. The molecule has 0 aromatic rings. The Labute approximate surface area is 89.3 Å². The molecule has 0 aliphatic heterocycles. The summed E-state index contributed by atoms with van der Waals surface area (Å²) in [5.41, 5.74) is 29.6. The molecule has 0 bridgehead atoms. The second-order valence-corrected chi connectivity index (χ2v) is 1.80. The first-order valence-corrected chi connectivity index (χ1v) is 2.97. The topological polar surface area (TPSA) is 156 Å². The minimum absolute atomic E-state index is 0. The molecule has 66 valence electrons. The first-order chi connectivity index (χ1) is 4.54. The Balaban J connectivity index is -0.000000107. The van der Waals surface area contributed by atoms with Gasteiger partial charge in [0.1, 0.15) is 0 Å². The zero-order valence-electron chi connectivity index (χ0n) is 6.03. The Morgan fingerprint density at radius 2 is 0.818 bits per heavy atom. The van der Waals surface area contributed by atoms with Gasteiger partial charge in [-0.25, -0.2) is 0 Å². The molecule has 0 aromatic carbocycles. The van der Waals surface area contributed by atoms with Gasteiger partial charge in [-0.1, -0.05) is 0 Å². The molecule has 0 amide bonds. The predicted octanol–water partition coefficient (Wildman–Crippen LogP) is -4.27. The standard InChI is InChI=1S/2C2H9N3.Na.H/c2*3-1-2(4)5;;/h2*2H,1,3-5H2;;. The van der Waals surface area contributed by atoms with E-state index in [1.807, 2.05) is 0 Å². The van der Waals surface area contributed by atoms with E-state index in [-0.39, 0.29) is 41.9 Å². The van der Waals surface area contributed by atoms with Crippen LogP contribution in [0.1, 0.15) is 0 Å². The summed E-state index contributed by atoms with van der Waals surface area (Å²) in [7, 11) is 0. The SMILES string of the molecule is NCC(N)N.NCC(N)N.[NaH]. The van der Waals surface area contributed by atoms with Crippen LogP contribution in [0, 0.1) is 0 Å². The molecule has 12 N–H and O–H groups in total. The van der Waals surface area contributed by atoms with Crippen molar-refractivity contribution in [2.45, 2.75) is 12.3 Å². The van der Waals surface area contributed by atoms with Crippen molar-refractivity contribution in [1.29, 1.82) is 0 Å². The van der Waals surface area contributed by atoms with Gasteiger partial charge in [0.25, 0.3) is 0 Å². The zero-order valence-corrected chi connectivity index (χ0v) is 6.03. The monoisotopic (exact) mass is 174 g/mol. The zero-order chi connectivity index (χ0) is 8.57. The summed E-state index contributed by atoms with van der Waals surface area (Å²) in [4.78, 5) is 0. The first kappa shape index (κ1) is 17.7. The van der Waals surface area contributed by atoms with E-state index < -0.39 is 0 Å². The molecule has 7 heteroatoms. The van der Waals surface area contributed by atoms with E-state index in [2.05, 4.69) is 0 Å². The molecule has 0 saturated heterocycles. The van der Waals surface area contributed by atoms with Gasteiger partial charge < -0.3 is 34.4 Å². The summed E-state index contributed by atoms with van der Waals surface area (Å²) in [6, 6.07) is 0. The van der Waals surface area contributed by atoms with Gasteiger partial charge in [0, 0.05) is 13.1 Å². The fraction of sp³-hybridized carbons (Fsp3) is 1.00. The van der Waals surface area contributed by atoms with E-state index in [1.54, 1.807) is 0 Å². The molecule has 0 saturated carbocycles. The number of rotatable bonds is 2. The van der Waals surface area contributed by atoms with Crippen molar-refractivity contribution in [3.63, 3.8) is 0 Å². The van der Waals surface area contributed by atoms with E-state index in [0.717, 1.165) is 0 Å². The van der Waals surface area contributed by atoms with E-state index in [4.69, 9.17) is 34.4 Å². The van der Waals surface area contributed by atoms with Crippen molar-refractivity contribution in [2.75, 3.05) is 13.1 Å². The fourth-order valence-corrected chi connectivity index (χ4v) is 0. The van der Waals surface area contributed by atoms with E-state index in [0.29, 0.717) is 13.1 Å². The second-order valence-electron chi connectivity index (χ2n) is 1.80. The third-order valence-corrected chi connectivity index (χ3v) is 0.544. The molecular formula is C4H19N6Na. The predicted molar refractivity (Wildman–Crippen MR) is 49.6 cm³/mol. The van der Waals surface area contributed by atoms with Crippen molar-refractivity contribution in [2.24, 2.45) is 34.4 Å². The minimum atomic E-state index is -0.338. The number of nitrogens with two attached hydrogens (primary N) is 6. The average molecular weight is 174 g/mol. The van der Waals surface area contributed by atoms with Crippen LogP contribution in [0.15, 0.2) is 0 Å². The van der Waals surface area contributed by atoms with Gasteiger partial charge >= 0.3 is 29.6 Å². The number of hydrogen-bond acceptors (Lipinski definition) is 6. The molecule has 0 aromatic heterocycles. The average Bonchev–Trinajstić information content (AvgIpc) is 1.89. The normalized spacial score (nSPS) is 8.73. The van der Waals surface area contributed by atoms with Gasteiger partial charge in [-0.2, -0.15) is 0 Å². The van der Waals surface area contributed by atoms with Gasteiger partial charge in [-0.05, 0) is 0 Å². The van der Waals surface area contributed by atoms with Gasteiger partial charge in [-0.15, -0.1) is 0 Å². The van der Waals surface area contributed by atoms with Crippen molar-refractivity contribution in [3.05, 3.63) is 0 Å². The third kappa shape index (κ3) is 36.4. The van der Waals surface area contributed by atoms with Crippen LogP contribution in [0.4, 0.5) is 0 Å². The third-order valence-electron chi connectivity index (χ3n) is 0.544. The maximum absolute atomic E-state index is 4.94. The summed E-state index contributed by atoms with van der Waals surface area (Å²) in [5.74, 6) is 0. The van der Waals surface area contributed by atoms with Crippen molar-refractivity contribution < 1.29 is 0 Å². The Hall–Kier alpha value is 0.760. The van der Waals surface area contributed by atoms with Crippen molar-refractivity contribution in [1.82, 2.24) is 0 Å². The van der Waals surface area contributed by atoms with Crippen LogP contribution < -0.4 is 34.4 Å². The molecular weight excluding hydrogens is 155 g/mol. The van der Waals surface area contributed by atoms with Gasteiger partial charge in [0.2, 0.25) is 0 Å². The van der Waals surface area contributed by atoms with Crippen LogP contribution in [0.2, 0.25) is 0 Å². The van der Waals surface area contributed by atoms with Crippen LogP contribution in [-0.2, 0) is 0 Å². The molecule has 0 rings (SSSR count). The summed E-state index contributed by atoms with van der Waals surface area (Å²) in [6.45, 7) is 0.722. The van der Waals surface area contributed by atoms with E-state index in [1.165, 1.54) is 0 Å². The quantitative estimate of drug-likeness (QED) is 0.184. The molecule has 0 fully saturated rings. The first-order valence-electron chi connectivity index (χ1n) is 2.97. The Bertz CT molecular complexity index is 50.5. The van der Waals surface area contributed by atoms with E-state index in [9.17, 15) is 0 Å². The van der Waals surface area contributed by atoms with Crippen molar-refractivity contribution in [3.8, 4) is 0 Å². The van der Waals surface area contributed by atoms with E-state index >= 15 is 0 Å². The van der Waals surface area contributed by atoms with Crippen LogP contribution in [-0.4, -0.2) is 55.0 Å². The molecule has 0 aliphatic carbocycles.